The first-order chi connectivity index (χ1) is 20.3. The number of nitrogens with one attached hydrogen (secondary N) is 1. The fraction of sp³-hybridized carbons (Fsp3) is 0.258. The van der Waals surface area contributed by atoms with Crippen molar-refractivity contribution in [2.45, 2.75) is 32.1 Å². The number of rotatable bonds is 11. The van der Waals surface area contributed by atoms with Crippen molar-refractivity contribution in [2.24, 2.45) is 4.99 Å². The smallest absolute Gasteiger partial charge is 0.338 e. The van der Waals surface area contributed by atoms with Crippen molar-refractivity contribution in [1.29, 1.82) is 0 Å². The molecule has 0 unspecified atom stereocenters. The molecule has 1 fully saturated rings. The number of esters is 2. The Labute approximate surface area is 248 Å². The number of benzene rings is 3. The number of methoxy groups -OCH3 is 1. The van der Waals surface area contributed by atoms with E-state index in [2.05, 4.69) is 10.3 Å². The van der Waals surface area contributed by atoms with E-state index in [1.807, 2.05) is 24.3 Å². The van der Waals surface area contributed by atoms with Gasteiger partial charge in [0, 0.05) is 12.1 Å². The first kappa shape index (κ1) is 30.3. The summed E-state index contributed by atoms with van der Waals surface area (Å²) >= 11 is 1.21. The third kappa shape index (κ3) is 7.76. The van der Waals surface area contributed by atoms with Gasteiger partial charge in [0.1, 0.15) is 11.0 Å². The van der Waals surface area contributed by atoms with E-state index in [1.54, 1.807) is 74.4 Å². The summed E-state index contributed by atoms with van der Waals surface area (Å²) in [6.45, 7) is 4.26. The average molecular weight is 590 g/mol. The first-order valence-corrected chi connectivity index (χ1v) is 14.2. The summed E-state index contributed by atoms with van der Waals surface area (Å²) in [5, 5.41) is 2.53. The monoisotopic (exact) mass is 589 g/mol. The number of amidine groups is 1. The topological polar surface area (TPSA) is 124 Å². The quantitative estimate of drug-likeness (QED) is 0.303. The minimum atomic E-state index is -0.695. The Morgan fingerprint density at radius 3 is 1.98 bits per heavy atom. The van der Waals surface area contributed by atoms with Crippen LogP contribution in [0.15, 0.2) is 77.8 Å². The van der Waals surface area contributed by atoms with Gasteiger partial charge in [0.2, 0.25) is 11.8 Å². The van der Waals surface area contributed by atoms with E-state index in [0.717, 1.165) is 5.56 Å². The number of nitrogens with zero attached hydrogens (tertiary/aromatic N) is 2. The molecule has 0 radical (unpaired) electrons. The number of carbonyl (C=O) groups is 4. The molecule has 3 aromatic rings. The Kier molecular flexibility index (Phi) is 10.3. The van der Waals surface area contributed by atoms with Gasteiger partial charge in [-0.15, -0.1) is 0 Å². The maximum absolute atomic E-state index is 13.5. The van der Waals surface area contributed by atoms with E-state index in [0.29, 0.717) is 33.4 Å². The van der Waals surface area contributed by atoms with Crippen LogP contribution in [0, 0.1) is 0 Å². The summed E-state index contributed by atoms with van der Waals surface area (Å²) in [4.78, 5) is 56.6. The van der Waals surface area contributed by atoms with Gasteiger partial charge in [0.05, 0.1) is 43.7 Å². The molecule has 218 valence electrons. The number of carbonyl (C=O) groups excluding carboxylic acids is 4. The lowest BCUT2D eigenvalue weighted by atomic mass is 10.2. The first-order valence-electron chi connectivity index (χ1n) is 13.3. The number of thioether (sulfide) groups is 1. The van der Waals surface area contributed by atoms with E-state index in [1.165, 1.54) is 11.8 Å². The predicted molar refractivity (Wildman–Crippen MR) is 160 cm³/mol. The third-order valence-electron chi connectivity index (χ3n) is 6.17. The molecule has 1 saturated heterocycles. The lowest BCUT2D eigenvalue weighted by Gasteiger charge is -2.17. The second-order valence-electron chi connectivity index (χ2n) is 9.09. The van der Waals surface area contributed by atoms with E-state index >= 15 is 0 Å². The maximum Gasteiger partial charge on any atom is 0.338 e. The number of anilines is 1. The Balaban J connectivity index is 1.50. The van der Waals surface area contributed by atoms with Crippen LogP contribution in [0.1, 0.15) is 46.5 Å². The van der Waals surface area contributed by atoms with Gasteiger partial charge in [-0.3, -0.25) is 14.5 Å². The molecule has 10 nitrogen and oxygen atoms in total. The molecule has 1 N–H and O–H groups in total. The summed E-state index contributed by atoms with van der Waals surface area (Å²) in [6.07, 6.45) is -0.0803. The zero-order chi connectivity index (χ0) is 30.1. The van der Waals surface area contributed by atoms with Gasteiger partial charge in [-0.05, 0) is 80.1 Å². The Morgan fingerprint density at radius 1 is 0.857 bits per heavy atom. The SMILES string of the molecule is CCOC(=O)c1ccc(N=C2S[C@@H](CC(=O)Nc3ccc(C(=O)OCC)cc3)C(=O)N2Cc2ccc(OC)cc2)cc1. The predicted octanol–water partition coefficient (Wildman–Crippen LogP) is 5.21. The summed E-state index contributed by atoms with van der Waals surface area (Å²) in [5.41, 5.74) is 2.68. The number of amides is 2. The highest BCUT2D eigenvalue weighted by atomic mass is 32.2. The van der Waals surface area contributed by atoms with Crippen LogP contribution < -0.4 is 10.1 Å². The number of ether oxygens (including phenoxy) is 3. The molecule has 0 saturated carbocycles. The Morgan fingerprint density at radius 2 is 1.43 bits per heavy atom. The van der Waals surface area contributed by atoms with Gasteiger partial charge in [0.25, 0.3) is 0 Å². The van der Waals surface area contributed by atoms with Crippen LogP contribution in [-0.2, 0) is 25.6 Å². The van der Waals surface area contributed by atoms with Crippen molar-refractivity contribution in [3.8, 4) is 5.75 Å². The molecule has 0 spiro atoms. The van der Waals surface area contributed by atoms with E-state index in [4.69, 9.17) is 14.2 Å². The van der Waals surface area contributed by atoms with Crippen LogP contribution in [0.5, 0.6) is 5.75 Å². The number of aliphatic imine (C=N–C) groups is 1. The van der Waals surface area contributed by atoms with Gasteiger partial charge in [-0.2, -0.15) is 0 Å². The minimum Gasteiger partial charge on any atom is -0.497 e. The van der Waals surface area contributed by atoms with Crippen LogP contribution in [0.25, 0.3) is 0 Å². The maximum atomic E-state index is 13.5. The van der Waals surface area contributed by atoms with Gasteiger partial charge in [0.15, 0.2) is 5.17 Å². The van der Waals surface area contributed by atoms with Crippen molar-refractivity contribution >= 4 is 52.1 Å². The lowest BCUT2D eigenvalue weighted by Crippen LogP contribution is -2.33. The lowest BCUT2D eigenvalue weighted by molar-refractivity contribution is -0.128. The fourth-order valence-electron chi connectivity index (χ4n) is 4.07. The molecule has 1 aliphatic rings. The zero-order valence-corrected chi connectivity index (χ0v) is 24.3. The van der Waals surface area contributed by atoms with Crippen molar-refractivity contribution in [1.82, 2.24) is 4.90 Å². The van der Waals surface area contributed by atoms with E-state index < -0.39 is 17.2 Å². The van der Waals surface area contributed by atoms with Crippen LogP contribution in [0.2, 0.25) is 0 Å². The summed E-state index contributed by atoms with van der Waals surface area (Å²) < 4.78 is 15.3. The second-order valence-corrected chi connectivity index (χ2v) is 10.3. The highest BCUT2D eigenvalue weighted by molar-refractivity contribution is 8.15. The fourth-order valence-corrected chi connectivity index (χ4v) is 5.22. The van der Waals surface area contributed by atoms with Crippen molar-refractivity contribution in [2.75, 3.05) is 25.6 Å². The molecular formula is C31H31N3O7S. The summed E-state index contributed by atoms with van der Waals surface area (Å²) in [7, 11) is 1.58. The molecule has 1 aliphatic heterocycles. The van der Waals surface area contributed by atoms with Crippen LogP contribution >= 0.6 is 11.8 Å². The Hall–Kier alpha value is -4.64. The standard InChI is InChI=1S/C31H31N3O7S/c1-4-40-29(37)21-8-12-23(13-9-21)32-27(35)18-26-28(36)34(19-20-6-16-25(39-3)17-7-20)31(42-26)33-24-14-10-22(11-15-24)30(38)41-5-2/h6-17,26H,4-5,18-19H2,1-3H3,(H,32,35)/t26-/m0/s1. The molecular weight excluding hydrogens is 558 g/mol. The molecule has 2 amide bonds. The van der Waals surface area contributed by atoms with Crippen molar-refractivity contribution in [3.63, 3.8) is 0 Å². The molecule has 0 aromatic heterocycles. The van der Waals surface area contributed by atoms with E-state index in [-0.39, 0.29) is 38.0 Å². The molecule has 3 aromatic carbocycles. The van der Waals surface area contributed by atoms with Gasteiger partial charge in [-0.1, -0.05) is 23.9 Å². The van der Waals surface area contributed by atoms with Crippen LogP contribution in [-0.4, -0.2) is 59.4 Å². The zero-order valence-electron chi connectivity index (χ0n) is 23.5. The van der Waals surface area contributed by atoms with Gasteiger partial charge >= 0.3 is 11.9 Å². The van der Waals surface area contributed by atoms with Gasteiger partial charge in [-0.25, -0.2) is 14.6 Å². The number of hydrogen-bond donors (Lipinski definition) is 1. The van der Waals surface area contributed by atoms with Crippen molar-refractivity contribution < 1.29 is 33.4 Å². The van der Waals surface area contributed by atoms with Crippen LogP contribution in [0.4, 0.5) is 11.4 Å². The van der Waals surface area contributed by atoms with Crippen LogP contribution in [0.3, 0.4) is 0 Å². The molecule has 1 heterocycles. The molecule has 0 aliphatic carbocycles. The minimum absolute atomic E-state index is 0.0803. The summed E-state index contributed by atoms with van der Waals surface area (Å²) in [5.74, 6) is -0.770. The third-order valence-corrected chi connectivity index (χ3v) is 7.35. The van der Waals surface area contributed by atoms with Crippen molar-refractivity contribution in [3.05, 3.63) is 89.5 Å². The normalized spacial score (nSPS) is 15.4. The average Bonchev–Trinajstić information content (AvgIpc) is 3.27. The molecule has 1 atom stereocenters. The largest absolute Gasteiger partial charge is 0.497 e. The molecule has 4 rings (SSSR count). The molecule has 0 bridgehead atoms. The highest BCUT2D eigenvalue weighted by Crippen LogP contribution is 2.33. The highest BCUT2D eigenvalue weighted by Gasteiger charge is 2.39. The second kappa shape index (κ2) is 14.3. The van der Waals surface area contributed by atoms with Gasteiger partial charge < -0.3 is 19.5 Å². The Bertz CT molecular complexity index is 1460. The van der Waals surface area contributed by atoms with E-state index in [9.17, 15) is 19.2 Å². The number of hydrogen-bond acceptors (Lipinski definition) is 9. The summed E-state index contributed by atoms with van der Waals surface area (Å²) in [6, 6.07) is 20.3. The molecule has 42 heavy (non-hydrogen) atoms. The molecule has 11 heteroatoms.